The average molecular weight is 258 g/mol. The van der Waals surface area contributed by atoms with Gasteiger partial charge in [-0.15, -0.1) is 0 Å². The zero-order valence-corrected chi connectivity index (χ0v) is 11.0. The Balaban J connectivity index is 1.77. The van der Waals surface area contributed by atoms with E-state index in [1.165, 1.54) is 12.7 Å². The van der Waals surface area contributed by atoms with Crippen LogP contribution in [0.1, 0.15) is 5.56 Å². The molecule has 0 N–H and O–H groups in total. The van der Waals surface area contributed by atoms with Crippen molar-refractivity contribution in [2.75, 3.05) is 20.2 Å². The van der Waals surface area contributed by atoms with Crippen LogP contribution in [0.15, 0.2) is 42.5 Å². The number of benzene rings is 1. The second-order valence-corrected chi connectivity index (χ2v) is 5.10. The van der Waals surface area contributed by atoms with Crippen LogP contribution in [0.5, 0.6) is 0 Å². The molecule has 4 nitrogen and oxygen atoms in total. The highest BCUT2D eigenvalue weighted by Crippen LogP contribution is 2.28. The summed E-state index contributed by atoms with van der Waals surface area (Å²) in [4.78, 5) is 15.9. The van der Waals surface area contributed by atoms with E-state index >= 15 is 0 Å². The number of carbonyl (C=O) groups excluding carboxylic acids is 1. The highest BCUT2D eigenvalue weighted by atomic mass is 16.5. The van der Waals surface area contributed by atoms with Gasteiger partial charge in [0.2, 0.25) is 0 Å². The van der Waals surface area contributed by atoms with E-state index < -0.39 is 0 Å². The Hall–Kier alpha value is -1.81. The van der Waals surface area contributed by atoms with E-state index in [9.17, 15) is 4.79 Å². The number of amides is 1. The van der Waals surface area contributed by atoms with Gasteiger partial charge in [-0.1, -0.05) is 42.5 Å². The van der Waals surface area contributed by atoms with Crippen LogP contribution < -0.4 is 0 Å². The summed E-state index contributed by atoms with van der Waals surface area (Å²) in [6.07, 6.45) is 4.11. The largest absolute Gasteiger partial charge is 0.453 e. The van der Waals surface area contributed by atoms with Crippen LogP contribution in [0.3, 0.4) is 0 Å². The molecule has 3 heterocycles. The molecule has 0 aromatic heterocycles. The Labute approximate surface area is 113 Å². The number of hydrogen-bond donors (Lipinski definition) is 0. The van der Waals surface area contributed by atoms with E-state index in [4.69, 9.17) is 4.74 Å². The number of methoxy groups -OCH3 is 1. The summed E-state index contributed by atoms with van der Waals surface area (Å²) in [5.41, 5.74) is 1.27. The quantitative estimate of drug-likeness (QED) is 0.761. The predicted molar refractivity (Wildman–Crippen MR) is 72.4 cm³/mol. The van der Waals surface area contributed by atoms with Crippen LogP contribution in [-0.2, 0) is 11.3 Å². The second-order valence-electron chi connectivity index (χ2n) is 5.10. The Morgan fingerprint density at radius 3 is 2.74 bits per heavy atom. The molecule has 1 aromatic carbocycles. The summed E-state index contributed by atoms with van der Waals surface area (Å²) >= 11 is 0. The third-order valence-electron chi connectivity index (χ3n) is 3.79. The Morgan fingerprint density at radius 1 is 1.26 bits per heavy atom. The van der Waals surface area contributed by atoms with Crippen molar-refractivity contribution in [2.24, 2.45) is 5.92 Å². The van der Waals surface area contributed by atoms with E-state index in [2.05, 4.69) is 29.2 Å². The Bertz CT molecular complexity index is 486. The zero-order chi connectivity index (χ0) is 13.2. The molecule has 0 spiro atoms. The third kappa shape index (κ3) is 2.36. The van der Waals surface area contributed by atoms with Gasteiger partial charge in [-0.2, -0.15) is 0 Å². The number of carbonyl (C=O) groups is 1. The average Bonchev–Trinajstić information content (AvgIpc) is 2.48. The first-order valence-electron chi connectivity index (χ1n) is 6.59. The van der Waals surface area contributed by atoms with Crippen LogP contribution in [0.4, 0.5) is 4.79 Å². The molecule has 2 bridgehead atoms. The maximum atomic E-state index is 11.8. The smallest absolute Gasteiger partial charge is 0.411 e. The van der Waals surface area contributed by atoms with E-state index in [0.717, 1.165) is 19.6 Å². The van der Waals surface area contributed by atoms with Crippen molar-refractivity contribution < 1.29 is 9.53 Å². The Morgan fingerprint density at radius 2 is 2.05 bits per heavy atom. The first kappa shape index (κ1) is 12.2. The van der Waals surface area contributed by atoms with Crippen molar-refractivity contribution in [3.63, 3.8) is 0 Å². The van der Waals surface area contributed by atoms with Crippen molar-refractivity contribution >= 4 is 6.09 Å². The van der Waals surface area contributed by atoms with E-state index in [-0.39, 0.29) is 12.3 Å². The summed E-state index contributed by atoms with van der Waals surface area (Å²) in [7, 11) is 1.44. The third-order valence-corrected chi connectivity index (χ3v) is 3.79. The summed E-state index contributed by atoms with van der Waals surface area (Å²) < 4.78 is 4.87. The number of hydrogen-bond acceptors (Lipinski definition) is 3. The van der Waals surface area contributed by atoms with Gasteiger partial charge in [-0.25, -0.2) is 4.79 Å². The van der Waals surface area contributed by atoms with E-state index in [1.54, 1.807) is 4.90 Å². The summed E-state index contributed by atoms with van der Waals surface area (Å²) in [6.45, 7) is 2.63. The molecule has 1 amide bonds. The summed E-state index contributed by atoms with van der Waals surface area (Å²) in [5.74, 6) is 0.410. The van der Waals surface area contributed by atoms with E-state index in [0.29, 0.717) is 5.92 Å². The SMILES string of the molecule is COC(=O)N1CC2C=CC1N(Cc1ccccc1)C2. The van der Waals surface area contributed by atoms with Gasteiger partial charge in [0.1, 0.15) is 6.17 Å². The molecule has 4 rings (SSSR count). The lowest BCUT2D eigenvalue weighted by Crippen LogP contribution is -2.59. The van der Waals surface area contributed by atoms with Crippen molar-refractivity contribution in [3.8, 4) is 0 Å². The topological polar surface area (TPSA) is 32.8 Å². The fraction of sp³-hybridized carbons (Fsp3) is 0.400. The van der Waals surface area contributed by atoms with Crippen molar-refractivity contribution in [3.05, 3.63) is 48.0 Å². The predicted octanol–water partition coefficient (Wildman–Crippen LogP) is 2.08. The Kier molecular flexibility index (Phi) is 3.25. The van der Waals surface area contributed by atoms with Gasteiger partial charge in [-0.05, 0) is 5.56 Å². The summed E-state index contributed by atoms with van der Waals surface area (Å²) in [6, 6.07) is 10.4. The molecule has 100 valence electrons. The zero-order valence-electron chi connectivity index (χ0n) is 11.0. The lowest BCUT2D eigenvalue weighted by Gasteiger charge is -2.47. The van der Waals surface area contributed by atoms with Crippen LogP contribution in [0, 0.1) is 5.92 Å². The lowest BCUT2D eigenvalue weighted by molar-refractivity contribution is -0.000530. The molecule has 4 heteroatoms. The monoisotopic (exact) mass is 258 g/mol. The van der Waals surface area contributed by atoms with Crippen LogP contribution in [0.2, 0.25) is 0 Å². The molecule has 1 saturated heterocycles. The van der Waals surface area contributed by atoms with Gasteiger partial charge >= 0.3 is 6.09 Å². The number of fused-ring (bicyclic) bond motifs is 2. The number of nitrogens with zero attached hydrogens (tertiary/aromatic N) is 2. The fourth-order valence-corrected chi connectivity index (χ4v) is 2.90. The van der Waals surface area contributed by atoms with Gasteiger partial charge in [0, 0.05) is 25.6 Å². The first-order valence-corrected chi connectivity index (χ1v) is 6.59. The van der Waals surface area contributed by atoms with Crippen LogP contribution in [0.25, 0.3) is 0 Å². The van der Waals surface area contributed by atoms with Gasteiger partial charge in [-0.3, -0.25) is 9.80 Å². The fourth-order valence-electron chi connectivity index (χ4n) is 2.90. The molecular weight excluding hydrogens is 240 g/mol. The van der Waals surface area contributed by atoms with Crippen molar-refractivity contribution in [2.45, 2.75) is 12.7 Å². The lowest BCUT2D eigenvalue weighted by atomic mass is 9.96. The molecule has 2 unspecified atom stereocenters. The van der Waals surface area contributed by atoms with Gasteiger partial charge < -0.3 is 4.74 Å². The highest BCUT2D eigenvalue weighted by Gasteiger charge is 2.38. The maximum absolute atomic E-state index is 11.8. The molecule has 19 heavy (non-hydrogen) atoms. The van der Waals surface area contributed by atoms with Crippen LogP contribution >= 0.6 is 0 Å². The maximum Gasteiger partial charge on any atom is 0.411 e. The van der Waals surface area contributed by atoms with Gasteiger partial charge in [0.25, 0.3) is 0 Å². The molecule has 0 aliphatic carbocycles. The molecule has 0 radical (unpaired) electrons. The van der Waals surface area contributed by atoms with E-state index in [1.807, 2.05) is 18.2 Å². The molecular formula is C15H18N2O2. The number of ether oxygens (including phenoxy) is 1. The molecule has 1 aromatic rings. The van der Waals surface area contributed by atoms with Crippen molar-refractivity contribution in [1.82, 2.24) is 9.80 Å². The number of rotatable bonds is 2. The standard InChI is InChI=1S/C15H18N2O2/c1-19-15(18)17-11-13-7-8-14(17)16(10-13)9-12-5-3-2-4-6-12/h2-8,13-14H,9-11H2,1H3. The molecule has 1 fully saturated rings. The molecule has 2 atom stereocenters. The van der Waals surface area contributed by atoms with Crippen LogP contribution in [-0.4, -0.2) is 42.3 Å². The minimum absolute atomic E-state index is 0.0256. The molecule has 3 aliphatic rings. The minimum Gasteiger partial charge on any atom is -0.453 e. The normalized spacial score (nSPS) is 25.6. The highest BCUT2D eigenvalue weighted by molar-refractivity contribution is 5.68. The van der Waals surface area contributed by atoms with Gasteiger partial charge in [0.05, 0.1) is 7.11 Å². The van der Waals surface area contributed by atoms with Gasteiger partial charge in [0.15, 0.2) is 0 Å². The molecule has 0 saturated carbocycles. The second kappa shape index (κ2) is 5.05. The first-order chi connectivity index (χ1) is 9.28. The summed E-state index contributed by atoms with van der Waals surface area (Å²) in [5, 5.41) is 0. The van der Waals surface area contributed by atoms with Crippen molar-refractivity contribution in [1.29, 1.82) is 0 Å². The minimum atomic E-state index is -0.239. The molecule has 3 aliphatic heterocycles.